The Morgan fingerprint density at radius 3 is 1.66 bits per heavy atom. The van der Waals surface area contributed by atoms with Crippen LogP contribution in [0.3, 0.4) is 0 Å². The van der Waals surface area contributed by atoms with Gasteiger partial charge in [-0.15, -0.1) is 14.9 Å². The molecule has 0 fully saturated rings. The van der Waals surface area contributed by atoms with Crippen molar-refractivity contribution in [2.24, 2.45) is 39.0 Å². The van der Waals surface area contributed by atoms with Gasteiger partial charge in [-0.25, -0.2) is 0 Å². The smallest absolute Gasteiger partial charge is 0.303 e. The summed E-state index contributed by atoms with van der Waals surface area (Å²) in [5.74, 6) is 2.24. The van der Waals surface area contributed by atoms with Crippen molar-refractivity contribution in [2.75, 3.05) is 19.8 Å². The summed E-state index contributed by atoms with van der Waals surface area (Å²) < 4.78 is 15.6. The van der Waals surface area contributed by atoms with Gasteiger partial charge in [0, 0.05) is 37.0 Å². The van der Waals surface area contributed by atoms with Crippen molar-refractivity contribution in [1.82, 2.24) is 0 Å². The lowest BCUT2D eigenvalue weighted by Gasteiger charge is -2.24. The van der Waals surface area contributed by atoms with E-state index in [4.69, 9.17) is 14.6 Å². The van der Waals surface area contributed by atoms with Crippen LogP contribution in [0.4, 0.5) is 28.4 Å². The van der Waals surface area contributed by atoms with Gasteiger partial charge in [0.15, 0.2) is 29.7 Å². The van der Waals surface area contributed by atoms with Crippen molar-refractivity contribution in [3.63, 3.8) is 0 Å². The summed E-state index contributed by atoms with van der Waals surface area (Å²) >= 11 is 0. The van der Waals surface area contributed by atoms with E-state index in [0.29, 0.717) is 53.8 Å². The Balaban J connectivity index is 2.83. The van der Waals surface area contributed by atoms with Gasteiger partial charge in [-0.05, 0) is 55.1 Å². The van der Waals surface area contributed by atoms with E-state index in [1.165, 1.54) is 50.7 Å². The standard InChI is InChI=1S/C47H78N6O6/c1-10-17-20-21-22-23-24-25-30-51(44(16-7)37(9)36(8)13-4)50-43-33-46(58-34-38(14-5)26-18-11-2)42(32-47(43)59-35-39(15-6)27-19-12-3)49-48-41-29-28-40(52(54)55)31-45(41)53(56)57/h28-29,31-33,36-39,44H,8,10-27,30,34-35H2,1-7,9H3/q+1. The third kappa shape index (κ3) is 18.1. The minimum Gasteiger partial charge on any atom is -0.491 e. The number of nitro benzene ring substituents is 2. The third-order valence-corrected chi connectivity index (χ3v) is 11.9. The second-order valence-electron chi connectivity index (χ2n) is 16.4. The topological polar surface area (TPSA) is 145 Å². The average molecular weight is 823 g/mol. The monoisotopic (exact) mass is 823 g/mol. The van der Waals surface area contributed by atoms with E-state index >= 15 is 0 Å². The van der Waals surface area contributed by atoms with Crippen LogP contribution in [0.25, 0.3) is 0 Å². The predicted molar refractivity (Wildman–Crippen MR) is 240 cm³/mol. The maximum absolute atomic E-state index is 12.0. The molecule has 12 nitrogen and oxygen atoms in total. The maximum atomic E-state index is 12.0. The van der Waals surface area contributed by atoms with E-state index in [-0.39, 0.29) is 17.6 Å². The first-order valence-corrected chi connectivity index (χ1v) is 23.1. The van der Waals surface area contributed by atoms with Crippen LogP contribution in [0, 0.1) is 50.8 Å². The molecule has 1 radical (unpaired) electrons. The van der Waals surface area contributed by atoms with Crippen molar-refractivity contribution in [3.05, 3.63) is 57.5 Å². The first kappa shape index (κ1) is 51.2. The molecule has 0 spiro atoms. The third-order valence-electron chi connectivity index (χ3n) is 11.9. The molecule has 0 aliphatic rings. The van der Waals surface area contributed by atoms with E-state index in [1.54, 1.807) is 6.07 Å². The van der Waals surface area contributed by atoms with E-state index in [9.17, 15) is 20.2 Å². The Morgan fingerprint density at radius 2 is 1.15 bits per heavy atom. The maximum Gasteiger partial charge on any atom is 0.303 e. The summed E-state index contributed by atoms with van der Waals surface area (Å²) in [5.41, 5.74) is -0.00876. The average Bonchev–Trinajstić information content (AvgIpc) is 3.24. The zero-order valence-electron chi connectivity index (χ0n) is 38.0. The Hall–Kier alpha value is -3.96. The normalized spacial score (nSPS) is 14.6. The number of non-ortho nitro benzene ring substituents is 1. The van der Waals surface area contributed by atoms with Gasteiger partial charge in [0.1, 0.15) is 11.4 Å². The quantitative estimate of drug-likeness (QED) is 0.0230. The first-order chi connectivity index (χ1) is 28.5. The lowest BCUT2D eigenvalue weighted by atomic mass is 9.85. The number of nitrogens with zero attached hydrogens (tertiary/aromatic N) is 6. The van der Waals surface area contributed by atoms with Gasteiger partial charge in [0.05, 0.1) is 29.1 Å². The van der Waals surface area contributed by atoms with Crippen LogP contribution < -0.4 is 9.47 Å². The summed E-state index contributed by atoms with van der Waals surface area (Å²) in [7, 11) is 0. The van der Waals surface area contributed by atoms with Crippen LogP contribution in [-0.4, -0.2) is 40.3 Å². The van der Waals surface area contributed by atoms with Crippen molar-refractivity contribution >= 4 is 28.4 Å². The summed E-state index contributed by atoms with van der Waals surface area (Å²) in [6, 6.07) is 7.20. The molecule has 12 heteroatoms. The highest BCUT2D eigenvalue weighted by Crippen LogP contribution is 2.43. The summed E-state index contributed by atoms with van der Waals surface area (Å²) in [6.45, 7) is 24.0. The Morgan fingerprint density at radius 1 is 0.627 bits per heavy atom. The molecule has 0 amide bonds. The molecule has 0 saturated carbocycles. The molecule has 0 bridgehead atoms. The number of benzene rings is 2. The van der Waals surface area contributed by atoms with Crippen molar-refractivity contribution < 1.29 is 24.0 Å². The zero-order chi connectivity index (χ0) is 43.6. The van der Waals surface area contributed by atoms with Crippen LogP contribution >= 0.6 is 0 Å². The minimum atomic E-state index is -0.683. The van der Waals surface area contributed by atoms with Crippen LogP contribution in [-0.2, 0) is 0 Å². The molecular weight excluding hydrogens is 745 g/mol. The molecule has 5 atom stereocenters. The largest absolute Gasteiger partial charge is 0.491 e. The summed E-state index contributed by atoms with van der Waals surface area (Å²) in [5, 5.41) is 37.7. The molecule has 331 valence electrons. The van der Waals surface area contributed by atoms with Gasteiger partial charge in [-0.3, -0.25) is 20.2 Å². The van der Waals surface area contributed by atoms with Gasteiger partial charge in [-0.1, -0.05) is 139 Å². The second-order valence-corrected chi connectivity index (χ2v) is 16.4. The fraction of sp³-hybridized carbons (Fsp3) is 0.723. The molecule has 5 unspecified atom stereocenters. The number of hydrogen-bond acceptors (Lipinski definition) is 9. The Bertz CT molecular complexity index is 1580. The molecule has 2 aromatic carbocycles. The molecule has 0 saturated heterocycles. The minimum absolute atomic E-state index is 0.0993. The van der Waals surface area contributed by atoms with Crippen LogP contribution in [0.1, 0.15) is 171 Å². The molecule has 0 heterocycles. The molecular formula is C47H78N6O6+. The fourth-order valence-electron chi connectivity index (χ4n) is 7.48. The molecule has 2 rings (SSSR count). The van der Waals surface area contributed by atoms with Gasteiger partial charge in [0.2, 0.25) is 0 Å². The molecule has 0 aliphatic heterocycles. The predicted octanol–water partition coefficient (Wildman–Crippen LogP) is 15.6. The number of rotatable bonds is 33. The lowest BCUT2D eigenvalue weighted by Crippen LogP contribution is -2.34. The van der Waals surface area contributed by atoms with Gasteiger partial charge < -0.3 is 9.47 Å². The summed E-state index contributed by atoms with van der Waals surface area (Å²) in [6.07, 6.45) is 20.1. The molecule has 2 aromatic rings. The van der Waals surface area contributed by atoms with Gasteiger partial charge in [0.25, 0.3) is 5.69 Å². The number of hydrogen-bond donors (Lipinski definition) is 0. The highest BCUT2D eigenvalue weighted by molar-refractivity contribution is 5.67. The highest BCUT2D eigenvalue weighted by Gasteiger charge is 2.32. The van der Waals surface area contributed by atoms with Crippen LogP contribution in [0.15, 0.2) is 45.7 Å². The van der Waals surface area contributed by atoms with E-state index in [2.05, 4.69) is 77.2 Å². The fourth-order valence-corrected chi connectivity index (χ4v) is 7.48. The molecule has 0 aliphatic carbocycles. The van der Waals surface area contributed by atoms with E-state index < -0.39 is 21.2 Å². The van der Waals surface area contributed by atoms with Crippen molar-refractivity contribution in [2.45, 2.75) is 177 Å². The number of ether oxygens (including phenoxy) is 2. The zero-order valence-corrected chi connectivity index (χ0v) is 38.0. The summed E-state index contributed by atoms with van der Waals surface area (Å²) in [4.78, 5) is 22.1. The lowest BCUT2D eigenvalue weighted by molar-refractivity contribution is -0.633. The first-order valence-electron chi connectivity index (χ1n) is 23.1. The van der Waals surface area contributed by atoms with E-state index in [0.717, 1.165) is 89.7 Å². The van der Waals surface area contributed by atoms with Crippen LogP contribution in [0.5, 0.6) is 11.5 Å². The number of unbranched alkanes of at least 4 members (excludes halogenated alkanes) is 9. The molecule has 0 N–H and O–H groups in total. The van der Waals surface area contributed by atoms with E-state index in [1.807, 2.05) is 6.07 Å². The Labute approximate surface area is 356 Å². The van der Waals surface area contributed by atoms with Crippen molar-refractivity contribution in [1.29, 1.82) is 0 Å². The number of nitro groups is 2. The van der Waals surface area contributed by atoms with Crippen LogP contribution in [0.2, 0.25) is 0 Å². The SMILES string of the molecule is [CH2]C(CC)C(C)C(CC)/[N+](CCCCCCCCCC)=N/c1cc(OCC(CC)CCCC)c(/N=N/c2ccc([N+](=O)[O-])cc2[N+](=O)[O-])cc1OCC(CC)CCCC. The van der Waals surface area contributed by atoms with Gasteiger partial charge in [-0.2, -0.15) is 0 Å². The van der Waals surface area contributed by atoms with Gasteiger partial charge >= 0.3 is 5.69 Å². The second kappa shape index (κ2) is 29.3. The molecule has 0 aromatic heterocycles. The number of azo groups is 3. The van der Waals surface area contributed by atoms with Crippen molar-refractivity contribution in [3.8, 4) is 11.5 Å². The highest BCUT2D eigenvalue weighted by atomic mass is 16.6. The molecule has 59 heavy (non-hydrogen) atoms. The Kier molecular flexibility index (Phi) is 25.4.